The van der Waals surface area contributed by atoms with Crippen LogP contribution in [0.5, 0.6) is 0 Å². The van der Waals surface area contributed by atoms with Gasteiger partial charge in [-0.1, -0.05) is 54.1 Å². The van der Waals surface area contributed by atoms with E-state index in [0.29, 0.717) is 18.1 Å². The number of hydrogen-bond donors (Lipinski definition) is 1. The number of carbonyl (C=O) groups is 2. The highest BCUT2D eigenvalue weighted by Crippen LogP contribution is 2.13. The minimum atomic E-state index is -0.538. The van der Waals surface area contributed by atoms with Crippen molar-refractivity contribution in [3.8, 4) is 0 Å². The van der Waals surface area contributed by atoms with E-state index in [1.165, 1.54) is 12.5 Å². The average Bonchev–Trinajstić information content (AvgIpc) is 2.61. The molecule has 0 aliphatic carbocycles. The van der Waals surface area contributed by atoms with Gasteiger partial charge in [0.15, 0.2) is 0 Å². The van der Waals surface area contributed by atoms with Crippen molar-refractivity contribution < 1.29 is 9.59 Å². The zero-order valence-corrected chi connectivity index (χ0v) is 15.3. The molecule has 1 N–H and O–H groups in total. The molecule has 0 heterocycles. The van der Waals surface area contributed by atoms with Gasteiger partial charge in [0.05, 0.1) is 0 Å². The fourth-order valence-electron chi connectivity index (χ4n) is 2.57. The molecule has 132 valence electrons. The third-order valence-electron chi connectivity index (χ3n) is 4.07. The van der Waals surface area contributed by atoms with Crippen molar-refractivity contribution in [3.05, 3.63) is 70.7 Å². The van der Waals surface area contributed by atoms with Gasteiger partial charge >= 0.3 is 0 Å². The fraction of sp³-hybridized carbons (Fsp3) is 0.300. The van der Waals surface area contributed by atoms with Gasteiger partial charge in [-0.25, -0.2) is 0 Å². The van der Waals surface area contributed by atoms with E-state index in [1.54, 1.807) is 24.0 Å². The molecule has 0 aromatic heterocycles. The summed E-state index contributed by atoms with van der Waals surface area (Å²) in [7, 11) is 0. The number of amides is 2. The van der Waals surface area contributed by atoms with Crippen molar-refractivity contribution in [3.63, 3.8) is 0 Å². The third kappa shape index (κ3) is 5.91. The number of rotatable bonds is 7. The zero-order chi connectivity index (χ0) is 18.2. The lowest BCUT2D eigenvalue weighted by Gasteiger charge is -2.27. The second kappa shape index (κ2) is 9.23. The maximum atomic E-state index is 12.4. The van der Waals surface area contributed by atoms with Crippen LogP contribution in [0.4, 0.5) is 0 Å². The number of carbonyl (C=O) groups excluding carboxylic acids is 2. The fourth-order valence-corrected chi connectivity index (χ4v) is 2.70. The Kier molecular flexibility index (Phi) is 7.02. The van der Waals surface area contributed by atoms with Crippen LogP contribution >= 0.6 is 11.6 Å². The number of nitrogens with zero attached hydrogens (tertiary/aromatic N) is 1. The maximum absolute atomic E-state index is 12.4. The van der Waals surface area contributed by atoms with Crippen LogP contribution in [-0.2, 0) is 22.6 Å². The zero-order valence-electron chi connectivity index (χ0n) is 14.5. The highest BCUT2D eigenvalue weighted by Gasteiger charge is 2.23. The molecule has 5 heteroatoms. The van der Waals surface area contributed by atoms with Gasteiger partial charge in [0, 0.05) is 25.0 Å². The molecule has 0 saturated heterocycles. The first-order chi connectivity index (χ1) is 12.0. The van der Waals surface area contributed by atoms with Crippen molar-refractivity contribution in [2.75, 3.05) is 6.54 Å². The Morgan fingerprint density at radius 3 is 2.28 bits per heavy atom. The monoisotopic (exact) mass is 358 g/mol. The van der Waals surface area contributed by atoms with E-state index in [4.69, 9.17) is 11.6 Å². The van der Waals surface area contributed by atoms with Crippen LogP contribution in [0, 0.1) is 0 Å². The average molecular weight is 359 g/mol. The minimum absolute atomic E-state index is 0.138. The van der Waals surface area contributed by atoms with Crippen molar-refractivity contribution >= 4 is 23.4 Å². The molecule has 0 fully saturated rings. The Hall–Kier alpha value is -2.33. The SMILES string of the molecule is CC(=O)N(Cc1ccc(Cl)cc1)C(C)C(=O)NCCc1ccccc1. The lowest BCUT2D eigenvalue weighted by atomic mass is 10.1. The van der Waals surface area contributed by atoms with Gasteiger partial charge in [-0.15, -0.1) is 0 Å². The summed E-state index contributed by atoms with van der Waals surface area (Å²) in [6.07, 6.45) is 0.760. The summed E-state index contributed by atoms with van der Waals surface area (Å²) in [4.78, 5) is 25.9. The molecule has 25 heavy (non-hydrogen) atoms. The third-order valence-corrected chi connectivity index (χ3v) is 4.33. The van der Waals surface area contributed by atoms with E-state index in [2.05, 4.69) is 5.32 Å². The molecule has 0 saturated carbocycles. The summed E-state index contributed by atoms with van der Waals surface area (Å²) in [6, 6.07) is 16.7. The van der Waals surface area contributed by atoms with Crippen molar-refractivity contribution in [1.82, 2.24) is 10.2 Å². The standard InChI is InChI=1S/C20H23ClN2O2/c1-15(20(25)22-13-12-17-6-4-3-5-7-17)23(16(2)24)14-18-8-10-19(21)11-9-18/h3-11,15H,12-14H2,1-2H3,(H,22,25). The van der Waals surface area contributed by atoms with Gasteiger partial charge < -0.3 is 10.2 Å². The van der Waals surface area contributed by atoms with E-state index >= 15 is 0 Å². The van der Waals surface area contributed by atoms with Gasteiger partial charge in [0.2, 0.25) is 11.8 Å². The Morgan fingerprint density at radius 1 is 1.04 bits per heavy atom. The Labute approximate surface area is 153 Å². The van der Waals surface area contributed by atoms with Crippen LogP contribution in [0.1, 0.15) is 25.0 Å². The molecule has 1 atom stereocenters. The van der Waals surface area contributed by atoms with Gasteiger partial charge in [0.1, 0.15) is 6.04 Å². The van der Waals surface area contributed by atoms with Crippen LogP contribution in [0.15, 0.2) is 54.6 Å². The first kappa shape index (κ1) is 19.0. The quantitative estimate of drug-likeness (QED) is 0.824. The Bertz CT molecular complexity index is 701. The molecule has 2 amide bonds. The number of nitrogens with one attached hydrogen (secondary N) is 1. The summed E-state index contributed by atoms with van der Waals surface area (Å²) < 4.78 is 0. The lowest BCUT2D eigenvalue weighted by Crippen LogP contribution is -2.47. The van der Waals surface area contributed by atoms with Crippen LogP contribution in [-0.4, -0.2) is 29.3 Å². The molecule has 0 spiro atoms. The van der Waals surface area contributed by atoms with Crippen molar-refractivity contribution in [2.24, 2.45) is 0 Å². The molecule has 1 unspecified atom stereocenters. The first-order valence-corrected chi connectivity index (χ1v) is 8.68. The minimum Gasteiger partial charge on any atom is -0.354 e. The second-order valence-electron chi connectivity index (χ2n) is 5.98. The molecule has 0 radical (unpaired) electrons. The highest BCUT2D eigenvalue weighted by atomic mass is 35.5. The molecular formula is C20H23ClN2O2. The summed E-state index contributed by atoms with van der Waals surface area (Å²) in [5.74, 6) is -0.291. The summed E-state index contributed by atoms with van der Waals surface area (Å²) >= 11 is 5.89. The largest absolute Gasteiger partial charge is 0.354 e. The van der Waals surface area contributed by atoms with E-state index in [-0.39, 0.29) is 11.8 Å². The summed E-state index contributed by atoms with van der Waals surface area (Å²) in [5.41, 5.74) is 2.10. The van der Waals surface area contributed by atoms with Crippen LogP contribution in [0.3, 0.4) is 0 Å². The number of hydrogen-bond acceptors (Lipinski definition) is 2. The molecular weight excluding hydrogens is 336 g/mol. The Balaban J connectivity index is 1.91. The van der Waals surface area contributed by atoms with Gasteiger partial charge in [-0.05, 0) is 36.6 Å². The maximum Gasteiger partial charge on any atom is 0.242 e. The lowest BCUT2D eigenvalue weighted by molar-refractivity contribution is -0.138. The predicted molar refractivity (Wildman–Crippen MR) is 100 cm³/mol. The van der Waals surface area contributed by atoms with Gasteiger partial charge in [-0.3, -0.25) is 9.59 Å². The van der Waals surface area contributed by atoms with E-state index < -0.39 is 6.04 Å². The molecule has 0 bridgehead atoms. The molecule has 0 aliphatic heterocycles. The van der Waals surface area contributed by atoms with Gasteiger partial charge in [0.25, 0.3) is 0 Å². The summed E-state index contributed by atoms with van der Waals surface area (Å²) in [5, 5.41) is 3.55. The summed E-state index contributed by atoms with van der Waals surface area (Å²) in [6.45, 7) is 4.14. The van der Waals surface area contributed by atoms with Crippen LogP contribution in [0.25, 0.3) is 0 Å². The first-order valence-electron chi connectivity index (χ1n) is 8.30. The molecule has 2 aromatic rings. The highest BCUT2D eigenvalue weighted by molar-refractivity contribution is 6.30. The smallest absolute Gasteiger partial charge is 0.242 e. The predicted octanol–water partition coefficient (Wildman–Crippen LogP) is 3.44. The van der Waals surface area contributed by atoms with Gasteiger partial charge in [-0.2, -0.15) is 0 Å². The molecule has 2 rings (SSSR count). The van der Waals surface area contributed by atoms with Crippen molar-refractivity contribution in [1.29, 1.82) is 0 Å². The van der Waals surface area contributed by atoms with E-state index in [1.807, 2.05) is 42.5 Å². The normalized spacial score (nSPS) is 11.6. The van der Waals surface area contributed by atoms with Crippen LogP contribution < -0.4 is 5.32 Å². The second-order valence-corrected chi connectivity index (χ2v) is 6.41. The Morgan fingerprint density at radius 2 is 1.68 bits per heavy atom. The van der Waals surface area contributed by atoms with Crippen LogP contribution in [0.2, 0.25) is 5.02 Å². The van der Waals surface area contributed by atoms with E-state index in [9.17, 15) is 9.59 Å². The number of benzene rings is 2. The number of halogens is 1. The van der Waals surface area contributed by atoms with E-state index in [0.717, 1.165) is 12.0 Å². The molecule has 2 aromatic carbocycles. The molecule has 0 aliphatic rings. The topological polar surface area (TPSA) is 49.4 Å². The van der Waals surface area contributed by atoms with Crippen molar-refractivity contribution in [2.45, 2.75) is 32.9 Å². The molecule has 4 nitrogen and oxygen atoms in total.